The molecule has 0 radical (unpaired) electrons. The molecule has 0 spiro atoms. The Hall–Kier alpha value is -2.31. The number of anilines is 1. The summed E-state index contributed by atoms with van der Waals surface area (Å²) in [6, 6.07) is 1.84. The molecular weight excluding hydrogens is 280 g/mol. The monoisotopic (exact) mass is 304 g/mol. The van der Waals surface area contributed by atoms with Crippen LogP contribution in [0.2, 0.25) is 0 Å². The molecule has 7 heteroatoms. The number of urea groups is 1. The van der Waals surface area contributed by atoms with Crippen LogP contribution in [0.4, 0.5) is 10.5 Å². The zero-order valence-electron chi connectivity index (χ0n) is 13.6. The van der Waals surface area contributed by atoms with E-state index in [1.54, 1.807) is 17.1 Å². The average molecular weight is 304 g/mol. The second kappa shape index (κ2) is 7.11. The summed E-state index contributed by atoms with van der Waals surface area (Å²) in [5.41, 5.74) is 2.86. The maximum absolute atomic E-state index is 11.9. The molecular formula is C15H24N6O. The molecule has 0 unspecified atom stereocenters. The van der Waals surface area contributed by atoms with E-state index in [0.29, 0.717) is 18.2 Å². The van der Waals surface area contributed by atoms with Crippen molar-refractivity contribution >= 4 is 11.7 Å². The number of rotatable bonds is 6. The van der Waals surface area contributed by atoms with Gasteiger partial charge in [-0.1, -0.05) is 6.92 Å². The number of hydrogen-bond donors (Lipinski definition) is 2. The van der Waals surface area contributed by atoms with E-state index >= 15 is 0 Å². The van der Waals surface area contributed by atoms with Gasteiger partial charge < -0.3 is 10.6 Å². The maximum Gasteiger partial charge on any atom is 0.319 e. The van der Waals surface area contributed by atoms with Crippen LogP contribution in [0, 0.1) is 19.8 Å². The van der Waals surface area contributed by atoms with Crippen LogP contribution in [0.25, 0.3) is 0 Å². The summed E-state index contributed by atoms with van der Waals surface area (Å²) in [5, 5.41) is 14.2. The van der Waals surface area contributed by atoms with Gasteiger partial charge in [0.2, 0.25) is 0 Å². The molecule has 0 aliphatic heterocycles. The van der Waals surface area contributed by atoms with Crippen LogP contribution in [-0.2, 0) is 13.1 Å². The van der Waals surface area contributed by atoms with Gasteiger partial charge in [0.25, 0.3) is 0 Å². The van der Waals surface area contributed by atoms with Crippen LogP contribution < -0.4 is 10.6 Å². The third-order valence-electron chi connectivity index (χ3n) is 3.41. The fourth-order valence-electron chi connectivity index (χ4n) is 2.26. The van der Waals surface area contributed by atoms with E-state index in [-0.39, 0.29) is 6.03 Å². The van der Waals surface area contributed by atoms with Crippen molar-refractivity contribution in [3.63, 3.8) is 0 Å². The Bertz CT molecular complexity index is 630. The SMILES string of the molecule is CCn1cc(NC(=O)NC[C@H](C)Cn2nc(C)cc2C)cn1. The molecule has 0 saturated heterocycles. The Morgan fingerprint density at radius 3 is 2.77 bits per heavy atom. The van der Waals surface area contributed by atoms with Gasteiger partial charge in [-0.2, -0.15) is 10.2 Å². The van der Waals surface area contributed by atoms with E-state index in [1.807, 2.05) is 25.5 Å². The van der Waals surface area contributed by atoms with E-state index in [0.717, 1.165) is 24.5 Å². The van der Waals surface area contributed by atoms with Crippen LogP contribution in [0.15, 0.2) is 18.5 Å². The molecule has 7 nitrogen and oxygen atoms in total. The van der Waals surface area contributed by atoms with Crippen LogP contribution in [-0.4, -0.2) is 32.1 Å². The molecule has 0 aromatic carbocycles. The number of nitrogens with one attached hydrogen (secondary N) is 2. The summed E-state index contributed by atoms with van der Waals surface area (Å²) in [6.07, 6.45) is 3.45. The van der Waals surface area contributed by atoms with Crippen molar-refractivity contribution in [3.05, 3.63) is 29.8 Å². The number of aryl methyl sites for hydroxylation is 3. The topological polar surface area (TPSA) is 76.8 Å². The summed E-state index contributed by atoms with van der Waals surface area (Å²) in [5.74, 6) is 0.294. The molecule has 0 fully saturated rings. The lowest BCUT2D eigenvalue weighted by Gasteiger charge is -2.14. The van der Waals surface area contributed by atoms with Crippen LogP contribution in [0.1, 0.15) is 25.2 Å². The normalized spacial score (nSPS) is 12.2. The number of carbonyl (C=O) groups excluding carboxylic acids is 1. The lowest BCUT2D eigenvalue weighted by Crippen LogP contribution is -2.33. The lowest BCUT2D eigenvalue weighted by molar-refractivity contribution is 0.249. The Balaban J connectivity index is 1.76. The summed E-state index contributed by atoms with van der Waals surface area (Å²) in [7, 11) is 0. The van der Waals surface area contributed by atoms with Gasteiger partial charge in [0, 0.05) is 31.5 Å². The van der Waals surface area contributed by atoms with Crippen LogP contribution in [0.3, 0.4) is 0 Å². The van der Waals surface area contributed by atoms with Crippen molar-refractivity contribution in [2.75, 3.05) is 11.9 Å². The molecule has 2 heterocycles. The number of amides is 2. The van der Waals surface area contributed by atoms with E-state index in [1.165, 1.54) is 0 Å². The Morgan fingerprint density at radius 1 is 1.41 bits per heavy atom. The lowest BCUT2D eigenvalue weighted by atomic mass is 10.2. The quantitative estimate of drug-likeness (QED) is 0.858. The van der Waals surface area contributed by atoms with Gasteiger partial charge in [-0.3, -0.25) is 9.36 Å². The fraction of sp³-hybridized carbons (Fsp3) is 0.533. The number of carbonyl (C=O) groups is 1. The maximum atomic E-state index is 11.9. The van der Waals surface area contributed by atoms with Crippen molar-refractivity contribution in [1.29, 1.82) is 0 Å². The molecule has 2 aromatic rings. The molecule has 1 atom stereocenters. The molecule has 0 aliphatic carbocycles. The number of hydrogen-bond acceptors (Lipinski definition) is 3. The highest BCUT2D eigenvalue weighted by atomic mass is 16.2. The zero-order valence-corrected chi connectivity index (χ0v) is 13.6. The summed E-state index contributed by atoms with van der Waals surface area (Å²) in [4.78, 5) is 11.9. The van der Waals surface area contributed by atoms with E-state index in [4.69, 9.17) is 0 Å². The van der Waals surface area contributed by atoms with Gasteiger partial charge >= 0.3 is 6.03 Å². The van der Waals surface area contributed by atoms with E-state index in [9.17, 15) is 4.79 Å². The van der Waals surface area contributed by atoms with Crippen molar-refractivity contribution in [3.8, 4) is 0 Å². The first-order valence-electron chi connectivity index (χ1n) is 7.56. The highest BCUT2D eigenvalue weighted by molar-refractivity contribution is 5.88. The summed E-state index contributed by atoms with van der Waals surface area (Å²) < 4.78 is 3.74. The highest BCUT2D eigenvalue weighted by Crippen LogP contribution is 2.07. The fourth-order valence-corrected chi connectivity index (χ4v) is 2.26. The first-order valence-corrected chi connectivity index (χ1v) is 7.56. The number of nitrogens with zero attached hydrogens (tertiary/aromatic N) is 4. The van der Waals surface area contributed by atoms with Gasteiger partial charge in [-0.05, 0) is 32.8 Å². The third-order valence-corrected chi connectivity index (χ3v) is 3.41. The summed E-state index contributed by atoms with van der Waals surface area (Å²) >= 11 is 0. The smallest absolute Gasteiger partial charge is 0.319 e. The van der Waals surface area contributed by atoms with Crippen LogP contribution >= 0.6 is 0 Å². The third kappa shape index (κ3) is 4.34. The van der Waals surface area contributed by atoms with Gasteiger partial charge in [0.05, 0.1) is 17.6 Å². The molecule has 0 aliphatic rings. The molecule has 0 saturated carbocycles. The van der Waals surface area contributed by atoms with Gasteiger partial charge in [-0.15, -0.1) is 0 Å². The minimum Gasteiger partial charge on any atom is -0.338 e. The Labute approximate surface area is 130 Å². The van der Waals surface area contributed by atoms with E-state index in [2.05, 4.69) is 33.8 Å². The standard InChI is InChI=1S/C15H24N6O/c1-5-20-10-14(8-17-20)18-15(22)16-7-11(2)9-21-13(4)6-12(3)19-21/h6,8,10-11H,5,7,9H2,1-4H3,(H2,16,18,22)/t11-/m0/s1. The first-order chi connectivity index (χ1) is 10.5. The highest BCUT2D eigenvalue weighted by Gasteiger charge is 2.09. The minimum absolute atomic E-state index is 0.212. The predicted octanol–water partition coefficient (Wildman–Crippen LogP) is 2.17. The minimum atomic E-state index is -0.212. The molecule has 0 bridgehead atoms. The van der Waals surface area contributed by atoms with Gasteiger partial charge in [0.15, 0.2) is 0 Å². The molecule has 2 amide bonds. The Kier molecular flexibility index (Phi) is 5.19. The van der Waals surface area contributed by atoms with Crippen molar-refractivity contribution in [2.24, 2.45) is 5.92 Å². The second-order valence-electron chi connectivity index (χ2n) is 5.63. The van der Waals surface area contributed by atoms with E-state index < -0.39 is 0 Å². The average Bonchev–Trinajstić information content (AvgIpc) is 3.03. The number of aromatic nitrogens is 4. The zero-order chi connectivity index (χ0) is 16.1. The van der Waals surface area contributed by atoms with Gasteiger partial charge in [0.1, 0.15) is 0 Å². The molecule has 22 heavy (non-hydrogen) atoms. The van der Waals surface area contributed by atoms with Crippen molar-refractivity contribution in [1.82, 2.24) is 24.9 Å². The molecule has 2 aromatic heterocycles. The molecule has 120 valence electrons. The predicted molar refractivity (Wildman–Crippen MR) is 85.8 cm³/mol. The molecule has 2 rings (SSSR count). The van der Waals surface area contributed by atoms with Gasteiger partial charge in [-0.25, -0.2) is 4.79 Å². The first kappa shape index (κ1) is 16.1. The molecule has 2 N–H and O–H groups in total. The summed E-state index contributed by atoms with van der Waals surface area (Å²) in [6.45, 7) is 10.3. The van der Waals surface area contributed by atoms with Crippen molar-refractivity contribution < 1.29 is 4.79 Å². The second-order valence-corrected chi connectivity index (χ2v) is 5.63. The largest absolute Gasteiger partial charge is 0.338 e. The van der Waals surface area contributed by atoms with Crippen molar-refractivity contribution in [2.45, 2.75) is 40.8 Å². The Morgan fingerprint density at radius 2 is 2.18 bits per heavy atom. The van der Waals surface area contributed by atoms with Crippen LogP contribution in [0.5, 0.6) is 0 Å².